The Morgan fingerprint density at radius 1 is 1.04 bits per heavy atom. The first-order valence-corrected chi connectivity index (χ1v) is 7.99. The van der Waals surface area contributed by atoms with Gasteiger partial charge in [-0.2, -0.15) is 0 Å². The highest BCUT2D eigenvalue weighted by molar-refractivity contribution is 5.89. The normalized spacial score (nSPS) is 11.6. The summed E-state index contributed by atoms with van der Waals surface area (Å²) in [5.74, 6) is -0.408. The monoisotopic (exact) mass is 398 g/mol. The van der Waals surface area contributed by atoms with Crippen molar-refractivity contribution in [2.45, 2.75) is 32.7 Å². The van der Waals surface area contributed by atoms with Gasteiger partial charge >= 0.3 is 12.5 Å². The number of carbonyl (C=O) groups excluding carboxylic acids is 1. The zero-order valence-corrected chi connectivity index (χ0v) is 15.2. The zero-order chi connectivity index (χ0) is 21.1. The van der Waals surface area contributed by atoms with Crippen molar-refractivity contribution in [2.24, 2.45) is 0 Å². The molecule has 0 spiro atoms. The molecule has 7 nitrogen and oxygen atoms in total. The molecule has 0 saturated heterocycles. The Bertz CT molecular complexity index is 874. The molecule has 2 aromatic carbocycles. The largest absolute Gasteiger partial charge is 0.573 e. The summed E-state index contributed by atoms with van der Waals surface area (Å²) in [4.78, 5) is 22.5. The molecule has 0 atom stereocenters. The fraction of sp³-hybridized carbons (Fsp3) is 0.278. The van der Waals surface area contributed by atoms with E-state index >= 15 is 0 Å². The zero-order valence-electron chi connectivity index (χ0n) is 15.2. The molecule has 0 aliphatic rings. The van der Waals surface area contributed by atoms with Crippen LogP contribution in [0.2, 0.25) is 0 Å². The molecule has 0 bridgehead atoms. The Morgan fingerprint density at radius 3 is 2.11 bits per heavy atom. The van der Waals surface area contributed by atoms with E-state index < -0.39 is 28.7 Å². The predicted molar refractivity (Wildman–Crippen MR) is 95.1 cm³/mol. The molecule has 2 aromatic rings. The number of anilines is 1. The second kappa shape index (κ2) is 7.75. The lowest BCUT2D eigenvalue weighted by atomic mass is 10.0. The summed E-state index contributed by atoms with van der Waals surface area (Å²) in [7, 11) is 0. The number of carbonyl (C=O) groups is 1. The maximum atomic E-state index is 12.2. The van der Waals surface area contributed by atoms with Crippen LogP contribution in [0.25, 0.3) is 11.1 Å². The van der Waals surface area contributed by atoms with E-state index in [9.17, 15) is 28.1 Å². The molecule has 0 saturated carbocycles. The summed E-state index contributed by atoms with van der Waals surface area (Å²) in [5.41, 5.74) is -0.431. The number of nitro benzene ring substituents is 1. The van der Waals surface area contributed by atoms with E-state index in [4.69, 9.17) is 4.74 Å². The maximum Gasteiger partial charge on any atom is 0.573 e. The van der Waals surface area contributed by atoms with Crippen molar-refractivity contribution >= 4 is 17.5 Å². The Kier molecular flexibility index (Phi) is 5.81. The number of nitrogens with zero attached hydrogens (tertiary/aromatic N) is 1. The number of alkyl halides is 3. The molecule has 1 amide bonds. The number of benzene rings is 2. The highest BCUT2D eigenvalue weighted by Crippen LogP contribution is 2.32. The van der Waals surface area contributed by atoms with E-state index in [0.717, 1.165) is 12.1 Å². The van der Waals surface area contributed by atoms with Crippen molar-refractivity contribution in [3.63, 3.8) is 0 Å². The summed E-state index contributed by atoms with van der Waals surface area (Å²) in [6, 6.07) is 8.87. The standard InChI is InChI=1S/C18H17F3N2O5/c1-17(2,3)28-16(24)22-14-9-6-12(10-15(14)23(25)26)11-4-7-13(8-5-11)27-18(19,20)21/h4-10H,1-3H3,(H,22,24). The lowest BCUT2D eigenvalue weighted by Gasteiger charge is -2.19. The molecule has 0 radical (unpaired) electrons. The van der Waals surface area contributed by atoms with Gasteiger partial charge in [-0.1, -0.05) is 18.2 Å². The van der Waals surface area contributed by atoms with Gasteiger partial charge in [-0.3, -0.25) is 15.4 Å². The van der Waals surface area contributed by atoms with Crippen molar-refractivity contribution in [3.8, 4) is 16.9 Å². The minimum Gasteiger partial charge on any atom is -0.444 e. The van der Waals surface area contributed by atoms with Gasteiger partial charge in [0.1, 0.15) is 17.0 Å². The van der Waals surface area contributed by atoms with Gasteiger partial charge in [0.2, 0.25) is 0 Å². The van der Waals surface area contributed by atoms with Crippen LogP contribution < -0.4 is 10.1 Å². The van der Waals surface area contributed by atoms with Gasteiger partial charge in [0.05, 0.1) is 4.92 Å². The molecular weight excluding hydrogens is 381 g/mol. The third kappa shape index (κ3) is 6.15. The molecule has 0 fully saturated rings. The molecule has 0 aromatic heterocycles. The Labute approximate surface area is 158 Å². The minimum atomic E-state index is -4.81. The first-order chi connectivity index (χ1) is 12.8. The number of rotatable bonds is 4. The minimum absolute atomic E-state index is 0.0694. The van der Waals surface area contributed by atoms with Crippen LogP contribution in [0.15, 0.2) is 42.5 Å². The molecular formula is C18H17F3N2O5. The Hall–Kier alpha value is -3.30. The number of nitro groups is 1. The van der Waals surface area contributed by atoms with Gasteiger partial charge in [-0.25, -0.2) is 4.79 Å². The Balaban J connectivity index is 2.27. The van der Waals surface area contributed by atoms with Gasteiger partial charge in [0.15, 0.2) is 0 Å². The number of hydrogen-bond acceptors (Lipinski definition) is 5. The fourth-order valence-corrected chi connectivity index (χ4v) is 2.23. The van der Waals surface area contributed by atoms with Gasteiger partial charge in [-0.05, 0) is 50.1 Å². The molecule has 0 aliphatic carbocycles. The summed E-state index contributed by atoms with van der Waals surface area (Å²) in [5, 5.41) is 13.7. The van der Waals surface area contributed by atoms with E-state index in [1.54, 1.807) is 20.8 Å². The summed E-state index contributed by atoms with van der Waals surface area (Å²) < 4.78 is 45.5. The number of ether oxygens (including phenoxy) is 2. The van der Waals surface area contributed by atoms with Crippen LogP contribution in [0.5, 0.6) is 5.75 Å². The molecule has 28 heavy (non-hydrogen) atoms. The molecule has 2 rings (SSSR count). The summed E-state index contributed by atoms with van der Waals surface area (Å²) >= 11 is 0. The highest BCUT2D eigenvalue weighted by atomic mass is 19.4. The van der Waals surface area contributed by atoms with Crippen LogP contribution in [0.4, 0.5) is 29.3 Å². The molecule has 0 aliphatic heterocycles. The average molecular weight is 398 g/mol. The SMILES string of the molecule is CC(C)(C)OC(=O)Nc1ccc(-c2ccc(OC(F)(F)F)cc2)cc1[N+](=O)[O-]. The van der Waals surface area contributed by atoms with Crippen LogP contribution in [-0.2, 0) is 4.74 Å². The predicted octanol–water partition coefficient (Wildman–Crippen LogP) is 5.51. The van der Waals surface area contributed by atoms with Crippen LogP contribution in [-0.4, -0.2) is 23.0 Å². The van der Waals surface area contributed by atoms with Crippen molar-refractivity contribution in [1.82, 2.24) is 0 Å². The first kappa shape index (κ1) is 21.0. The molecule has 0 heterocycles. The van der Waals surface area contributed by atoms with Gasteiger partial charge < -0.3 is 9.47 Å². The fourth-order valence-electron chi connectivity index (χ4n) is 2.23. The van der Waals surface area contributed by atoms with E-state index in [0.29, 0.717) is 11.1 Å². The van der Waals surface area contributed by atoms with Crippen LogP contribution in [0.1, 0.15) is 20.8 Å². The topological polar surface area (TPSA) is 90.7 Å². The van der Waals surface area contributed by atoms with E-state index in [2.05, 4.69) is 10.1 Å². The van der Waals surface area contributed by atoms with Gasteiger partial charge in [-0.15, -0.1) is 13.2 Å². The van der Waals surface area contributed by atoms with E-state index in [1.807, 2.05) is 0 Å². The van der Waals surface area contributed by atoms with Gasteiger partial charge in [0.25, 0.3) is 5.69 Å². The smallest absolute Gasteiger partial charge is 0.444 e. The van der Waals surface area contributed by atoms with Crippen LogP contribution in [0.3, 0.4) is 0 Å². The number of amides is 1. The van der Waals surface area contributed by atoms with Crippen molar-refractivity contribution in [1.29, 1.82) is 0 Å². The molecule has 150 valence electrons. The summed E-state index contributed by atoms with van der Waals surface area (Å²) in [6.07, 6.45) is -5.66. The number of halogens is 3. The molecule has 0 unspecified atom stereocenters. The van der Waals surface area contributed by atoms with E-state index in [1.165, 1.54) is 30.3 Å². The van der Waals surface area contributed by atoms with Gasteiger partial charge in [0, 0.05) is 6.07 Å². The second-order valence-corrected chi connectivity index (χ2v) is 6.69. The van der Waals surface area contributed by atoms with E-state index in [-0.39, 0.29) is 11.4 Å². The third-order valence-electron chi connectivity index (χ3n) is 3.25. The van der Waals surface area contributed by atoms with Crippen LogP contribution in [0, 0.1) is 10.1 Å². The van der Waals surface area contributed by atoms with Crippen molar-refractivity contribution < 1.29 is 32.4 Å². The molecule has 10 heteroatoms. The lowest BCUT2D eigenvalue weighted by molar-refractivity contribution is -0.383. The number of hydrogen-bond donors (Lipinski definition) is 1. The van der Waals surface area contributed by atoms with Crippen molar-refractivity contribution in [2.75, 3.05) is 5.32 Å². The third-order valence-corrected chi connectivity index (χ3v) is 3.25. The second-order valence-electron chi connectivity index (χ2n) is 6.69. The quantitative estimate of drug-likeness (QED) is 0.542. The highest BCUT2D eigenvalue weighted by Gasteiger charge is 2.31. The average Bonchev–Trinajstić information content (AvgIpc) is 2.52. The van der Waals surface area contributed by atoms with Crippen LogP contribution >= 0.6 is 0 Å². The Morgan fingerprint density at radius 2 is 1.61 bits per heavy atom. The van der Waals surface area contributed by atoms with Crippen molar-refractivity contribution in [3.05, 3.63) is 52.6 Å². The number of nitrogens with one attached hydrogen (secondary N) is 1. The first-order valence-electron chi connectivity index (χ1n) is 7.99. The maximum absolute atomic E-state index is 12.2. The molecule has 1 N–H and O–H groups in total. The lowest BCUT2D eigenvalue weighted by Crippen LogP contribution is -2.27. The summed E-state index contributed by atoms with van der Waals surface area (Å²) in [6.45, 7) is 4.95.